The van der Waals surface area contributed by atoms with Crippen LogP contribution in [0.4, 0.5) is 0 Å². The largest absolute Gasteiger partial charge is 0.261 e. The van der Waals surface area contributed by atoms with Crippen molar-refractivity contribution in [1.29, 1.82) is 0 Å². The Morgan fingerprint density at radius 1 is 1.25 bits per heavy atom. The average Bonchev–Trinajstić information content (AvgIpc) is 2.93. The summed E-state index contributed by atoms with van der Waals surface area (Å²) in [5.41, 5.74) is 2.61. The molecule has 0 N–H and O–H groups in total. The van der Waals surface area contributed by atoms with E-state index < -0.39 is 10.0 Å². The minimum Gasteiger partial charge on any atom is -0.256 e. The van der Waals surface area contributed by atoms with Crippen LogP contribution in [0.2, 0.25) is 5.02 Å². The fourth-order valence-corrected chi connectivity index (χ4v) is 4.43. The van der Waals surface area contributed by atoms with Gasteiger partial charge in [0.25, 0.3) is 10.0 Å². The molecule has 1 aliphatic rings. The molecule has 0 aliphatic carbocycles. The highest BCUT2D eigenvalue weighted by atomic mass is 35.5. The molecule has 20 heavy (non-hydrogen) atoms. The maximum Gasteiger partial charge on any atom is 0.261 e. The fraction of sp³-hybridized carbons (Fsp3) is 0.308. The zero-order chi connectivity index (χ0) is 14.5. The number of fused-ring (bicyclic) bond motifs is 1. The van der Waals surface area contributed by atoms with E-state index in [-0.39, 0.29) is 5.03 Å². The number of aromatic nitrogens is 2. The van der Waals surface area contributed by atoms with E-state index in [1.165, 1.54) is 8.99 Å². The van der Waals surface area contributed by atoms with Crippen molar-refractivity contribution in [2.75, 3.05) is 0 Å². The second-order valence-electron chi connectivity index (χ2n) is 4.94. The maximum absolute atomic E-state index is 12.7. The van der Waals surface area contributed by atoms with Gasteiger partial charge in [-0.05, 0) is 30.2 Å². The van der Waals surface area contributed by atoms with Crippen molar-refractivity contribution in [3.63, 3.8) is 0 Å². The monoisotopic (exact) mass is 311 g/mol. The lowest BCUT2D eigenvalue weighted by Gasteiger charge is -2.16. The van der Waals surface area contributed by atoms with E-state index in [1.807, 2.05) is 12.1 Å². The van der Waals surface area contributed by atoms with Crippen molar-refractivity contribution in [2.45, 2.75) is 25.0 Å². The molecule has 1 aromatic carbocycles. The van der Waals surface area contributed by atoms with Gasteiger partial charge < -0.3 is 0 Å². The summed E-state index contributed by atoms with van der Waals surface area (Å²) in [4.78, 5) is 0. The number of benzene rings is 1. The predicted molar refractivity (Wildman–Crippen MR) is 75.8 cm³/mol. The average molecular weight is 312 g/mol. The lowest BCUT2D eigenvalue weighted by Crippen LogP contribution is -2.28. The third kappa shape index (κ3) is 2.04. The number of rotatable bonds is 2. The van der Waals surface area contributed by atoms with E-state index in [0.29, 0.717) is 23.7 Å². The van der Waals surface area contributed by atoms with Crippen LogP contribution in [0.1, 0.15) is 16.7 Å². The van der Waals surface area contributed by atoms with Crippen LogP contribution in [-0.4, -0.2) is 22.5 Å². The first kappa shape index (κ1) is 13.6. The van der Waals surface area contributed by atoms with Crippen molar-refractivity contribution in [3.8, 4) is 0 Å². The third-order valence-corrected chi connectivity index (χ3v) is 5.75. The van der Waals surface area contributed by atoms with Crippen LogP contribution in [0.5, 0.6) is 0 Å². The molecule has 2 heterocycles. The molecule has 0 bridgehead atoms. The van der Waals surface area contributed by atoms with Gasteiger partial charge in [-0.15, -0.1) is 0 Å². The number of aryl methyl sites for hydroxylation is 2. The molecule has 7 heteroatoms. The van der Waals surface area contributed by atoms with Crippen LogP contribution >= 0.6 is 11.6 Å². The standard InChI is InChI=1S/C13H14ClN3O2S/c1-9-6-15-16(2)13(9)20(18,19)17-7-10-3-4-12(14)5-11(10)8-17/h3-6H,7-8H2,1-2H3. The van der Waals surface area contributed by atoms with Crippen molar-refractivity contribution in [2.24, 2.45) is 7.05 Å². The van der Waals surface area contributed by atoms with Gasteiger partial charge in [0.15, 0.2) is 5.03 Å². The molecule has 0 amide bonds. The zero-order valence-electron chi connectivity index (χ0n) is 11.2. The zero-order valence-corrected chi connectivity index (χ0v) is 12.7. The molecule has 0 fully saturated rings. The molecule has 0 unspecified atom stereocenters. The van der Waals surface area contributed by atoms with E-state index in [4.69, 9.17) is 11.6 Å². The summed E-state index contributed by atoms with van der Waals surface area (Å²) in [6.45, 7) is 2.47. The maximum atomic E-state index is 12.7. The number of hydrogen-bond donors (Lipinski definition) is 0. The van der Waals surface area contributed by atoms with Crippen LogP contribution in [0, 0.1) is 6.92 Å². The van der Waals surface area contributed by atoms with E-state index in [1.54, 1.807) is 26.2 Å². The summed E-state index contributed by atoms with van der Waals surface area (Å²) >= 11 is 5.95. The van der Waals surface area contributed by atoms with Crippen LogP contribution < -0.4 is 0 Å². The Balaban J connectivity index is 2.00. The second kappa shape index (κ2) is 4.58. The van der Waals surface area contributed by atoms with Gasteiger partial charge in [0.2, 0.25) is 0 Å². The van der Waals surface area contributed by atoms with E-state index in [0.717, 1.165) is 11.1 Å². The Labute approximate surface area is 122 Å². The molecule has 2 aromatic rings. The second-order valence-corrected chi connectivity index (χ2v) is 7.23. The summed E-state index contributed by atoms with van der Waals surface area (Å²) in [6.07, 6.45) is 1.56. The Morgan fingerprint density at radius 3 is 2.60 bits per heavy atom. The highest BCUT2D eigenvalue weighted by Crippen LogP contribution is 2.30. The van der Waals surface area contributed by atoms with Crippen molar-refractivity contribution in [1.82, 2.24) is 14.1 Å². The normalized spacial score (nSPS) is 15.6. The number of nitrogens with zero attached hydrogens (tertiary/aromatic N) is 3. The molecule has 0 atom stereocenters. The van der Waals surface area contributed by atoms with Gasteiger partial charge in [0, 0.05) is 30.7 Å². The molecule has 0 radical (unpaired) electrons. The van der Waals surface area contributed by atoms with Gasteiger partial charge >= 0.3 is 0 Å². The molecular formula is C13H14ClN3O2S. The van der Waals surface area contributed by atoms with Gasteiger partial charge in [-0.3, -0.25) is 4.68 Å². The van der Waals surface area contributed by atoms with Crippen molar-refractivity contribution in [3.05, 3.63) is 46.1 Å². The van der Waals surface area contributed by atoms with Gasteiger partial charge in [0.05, 0.1) is 6.20 Å². The molecule has 1 aliphatic heterocycles. The quantitative estimate of drug-likeness (QED) is 0.853. The first-order valence-corrected chi connectivity index (χ1v) is 7.97. The minimum atomic E-state index is -3.55. The minimum absolute atomic E-state index is 0.247. The molecule has 0 spiro atoms. The summed E-state index contributed by atoms with van der Waals surface area (Å²) in [5.74, 6) is 0. The first-order valence-electron chi connectivity index (χ1n) is 6.15. The molecule has 3 rings (SSSR count). The van der Waals surface area contributed by atoms with Crippen LogP contribution in [0.3, 0.4) is 0 Å². The topological polar surface area (TPSA) is 55.2 Å². The van der Waals surface area contributed by atoms with Crippen molar-refractivity contribution < 1.29 is 8.42 Å². The van der Waals surface area contributed by atoms with E-state index >= 15 is 0 Å². The van der Waals surface area contributed by atoms with Crippen LogP contribution in [0.25, 0.3) is 0 Å². The van der Waals surface area contributed by atoms with E-state index in [2.05, 4.69) is 5.10 Å². The summed E-state index contributed by atoms with van der Waals surface area (Å²) in [5, 5.41) is 4.88. The molecule has 0 saturated carbocycles. The lowest BCUT2D eigenvalue weighted by molar-refractivity contribution is 0.424. The number of sulfonamides is 1. The van der Waals surface area contributed by atoms with Gasteiger partial charge in [0.1, 0.15) is 0 Å². The van der Waals surface area contributed by atoms with Crippen molar-refractivity contribution >= 4 is 21.6 Å². The Morgan fingerprint density at radius 2 is 1.95 bits per heavy atom. The Hall–Kier alpha value is -1.37. The lowest BCUT2D eigenvalue weighted by atomic mass is 10.1. The Bertz CT molecular complexity index is 763. The smallest absolute Gasteiger partial charge is 0.256 e. The van der Waals surface area contributed by atoms with Gasteiger partial charge in [-0.25, -0.2) is 8.42 Å². The third-order valence-electron chi connectivity index (χ3n) is 3.50. The fourth-order valence-electron chi connectivity index (χ4n) is 2.53. The molecule has 0 saturated heterocycles. The number of hydrogen-bond acceptors (Lipinski definition) is 3. The summed E-state index contributed by atoms with van der Waals surface area (Å²) in [7, 11) is -1.91. The molecule has 106 valence electrons. The Kier molecular flexibility index (Phi) is 3.12. The summed E-state index contributed by atoms with van der Waals surface area (Å²) in [6, 6.07) is 5.48. The van der Waals surface area contributed by atoms with Crippen LogP contribution in [0.15, 0.2) is 29.4 Å². The van der Waals surface area contributed by atoms with Gasteiger partial charge in [-0.1, -0.05) is 17.7 Å². The predicted octanol–water partition coefficient (Wildman–Crippen LogP) is 2.09. The highest BCUT2D eigenvalue weighted by molar-refractivity contribution is 7.89. The van der Waals surface area contributed by atoms with Gasteiger partial charge in [-0.2, -0.15) is 9.40 Å². The number of halogens is 1. The molecule has 5 nitrogen and oxygen atoms in total. The SMILES string of the molecule is Cc1cnn(C)c1S(=O)(=O)N1Cc2ccc(Cl)cc2C1. The van der Waals surface area contributed by atoms with E-state index in [9.17, 15) is 8.42 Å². The first-order chi connectivity index (χ1) is 9.39. The molecular weight excluding hydrogens is 298 g/mol. The highest BCUT2D eigenvalue weighted by Gasteiger charge is 2.33. The van der Waals surface area contributed by atoms with Crippen LogP contribution in [-0.2, 0) is 30.2 Å². The molecule has 1 aromatic heterocycles. The summed E-state index contributed by atoms with van der Waals surface area (Å²) < 4.78 is 28.3.